The van der Waals surface area contributed by atoms with Gasteiger partial charge in [0.05, 0.1) is 11.6 Å². The SMILES string of the molecule is Cc1nc(-c2ccc(CNC(=O)CCc3nc(-c4ccccc4)no3)o2)cs1. The van der Waals surface area contributed by atoms with Crippen LogP contribution in [0.15, 0.2) is 56.8 Å². The highest BCUT2D eigenvalue weighted by atomic mass is 32.1. The van der Waals surface area contributed by atoms with Crippen molar-refractivity contribution < 1.29 is 13.7 Å². The number of amides is 1. The first-order chi connectivity index (χ1) is 13.7. The van der Waals surface area contributed by atoms with Crippen molar-refractivity contribution in [1.29, 1.82) is 0 Å². The number of furan rings is 1. The highest BCUT2D eigenvalue weighted by Crippen LogP contribution is 2.23. The van der Waals surface area contributed by atoms with E-state index in [0.717, 1.165) is 16.3 Å². The number of hydrogen-bond acceptors (Lipinski definition) is 7. The Bertz CT molecular complexity index is 1070. The zero-order valence-electron chi connectivity index (χ0n) is 15.2. The number of aromatic nitrogens is 3. The molecule has 3 aromatic heterocycles. The summed E-state index contributed by atoms with van der Waals surface area (Å²) in [5.74, 6) is 2.23. The van der Waals surface area contributed by atoms with Gasteiger partial charge in [-0.15, -0.1) is 11.3 Å². The molecule has 142 valence electrons. The van der Waals surface area contributed by atoms with Gasteiger partial charge in [0.1, 0.15) is 11.5 Å². The van der Waals surface area contributed by atoms with Crippen molar-refractivity contribution in [1.82, 2.24) is 20.4 Å². The van der Waals surface area contributed by atoms with E-state index in [1.807, 2.05) is 54.8 Å². The van der Waals surface area contributed by atoms with Crippen LogP contribution in [0.1, 0.15) is 23.1 Å². The fraction of sp³-hybridized carbons (Fsp3) is 0.200. The second-order valence-corrected chi connectivity index (χ2v) is 7.23. The van der Waals surface area contributed by atoms with E-state index in [1.54, 1.807) is 11.3 Å². The maximum Gasteiger partial charge on any atom is 0.227 e. The topological polar surface area (TPSA) is 94.1 Å². The lowest BCUT2D eigenvalue weighted by Crippen LogP contribution is -2.22. The van der Waals surface area contributed by atoms with E-state index >= 15 is 0 Å². The molecule has 0 saturated carbocycles. The number of benzene rings is 1. The van der Waals surface area contributed by atoms with E-state index in [1.165, 1.54) is 0 Å². The minimum Gasteiger partial charge on any atom is -0.458 e. The van der Waals surface area contributed by atoms with E-state index in [4.69, 9.17) is 8.94 Å². The molecule has 0 unspecified atom stereocenters. The monoisotopic (exact) mass is 394 g/mol. The fourth-order valence-electron chi connectivity index (χ4n) is 2.64. The van der Waals surface area contributed by atoms with Gasteiger partial charge in [0.15, 0.2) is 5.76 Å². The summed E-state index contributed by atoms with van der Waals surface area (Å²) in [5.41, 5.74) is 1.69. The van der Waals surface area contributed by atoms with Gasteiger partial charge >= 0.3 is 0 Å². The molecule has 3 heterocycles. The molecule has 4 rings (SSSR count). The minimum absolute atomic E-state index is 0.109. The molecule has 0 bridgehead atoms. The minimum atomic E-state index is -0.109. The summed E-state index contributed by atoms with van der Waals surface area (Å²) in [6, 6.07) is 13.3. The van der Waals surface area contributed by atoms with Gasteiger partial charge in [-0.3, -0.25) is 4.79 Å². The number of carbonyl (C=O) groups is 1. The van der Waals surface area contributed by atoms with Crippen molar-refractivity contribution >= 4 is 17.2 Å². The summed E-state index contributed by atoms with van der Waals surface area (Å²) in [7, 11) is 0. The lowest BCUT2D eigenvalue weighted by molar-refractivity contribution is -0.121. The number of hydrogen-bond donors (Lipinski definition) is 1. The van der Waals surface area contributed by atoms with Crippen LogP contribution in [-0.2, 0) is 17.8 Å². The Kier molecular flexibility index (Phi) is 5.29. The third kappa shape index (κ3) is 4.34. The number of thiazole rings is 1. The van der Waals surface area contributed by atoms with Crippen LogP contribution >= 0.6 is 11.3 Å². The first-order valence-corrected chi connectivity index (χ1v) is 9.71. The van der Waals surface area contributed by atoms with E-state index in [-0.39, 0.29) is 12.3 Å². The standard InChI is InChI=1S/C20H18N4O3S/c1-13-22-16(12-28-13)17-8-7-15(26-17)11-21-18(25)9-10-19-23-20(24-27-19)14-5-3-2-4-6-14/h2-8,12H,9-11H2,1H3,(H,21,25). The van der Waals surface area contributed by atoms with Crippen LogP contribution in [-0.4, -0.2) is 21.0 Å². The predicted octanol–water partition coefficient (Wildman–Crippen LogP) is 4.01. The molecule has 8 heteroatoms. The van der Waals surface area contributed by atoms with Crippen molar-refractivity contribution in [3.8, 4) is 22.8 Å². The van der Waals surface area contributed by atoms with Gasteiger partial charge in [-0.1, -0.05) is 35.5 Å². The Morgan fingerprint density at radius 2 is 2.00 bits per heavy atom. The number of rotatable bonds is 7. The molecular weight excluding hydrogens is 376 g/mol. The van der Waals surface area contributed by atoms with E-state index in [9.17, 15) is 4.79 Å². The van der Waals surface area contributed by atoms with Gasteiger partial charge < -0.3 is 14.3 Å². The van der Waals surface area contributed by atoms with Gasteiger partial charge in [0.2, 0.25) is 17.6 Å². The highest BCUT2D eigenvalue weighted by Gasteiger charge is 2.12. The zero-order chi connectivity index (χ0) is 19.3. The van der Waals surface area contributed by atoms with Gasteiger partial charge in [-0.05, 0) is 19.1 Å². The van der Waals surface area contributed by atoms with Crippen molar-refractivity contribution in [2.24, 2.45) is 0 Å². The summed E-state index contributed by atoms with van der Waals surface area (Å²) < 4.78 is 11.0. The van der Waals surface area contributed by atoms with Crippen LogP contribution in [0.2, 0.25) is 0 Å². The molecule has 28 heavy (non-hydrogen) atoms. The smallest absolute Gasteiger partial charge is 0.227 e. The Morgan fingerprint density at radius 1 is 1.14 bits per heavy atom. The second-order valence-electron chi connectivity index (χ2n) is 6.17. The average Bonchev–Trinajstić information content (AvgIpc) is 3.46. The van der Waals surface area contributed by atoms with Crippen LogP contribution in [0.25, 0.3) is 22.8 Å². The molecule has 0 aliphatic carbocycles. The quantitative estimate of drug-likeness (QED) is 0.509. The summed E-state index contributed by atoms with van der Waals surface area (Å²) in [5, 5.41) is 9.72. The molecule has 0 aliphatic rings. The van der Waals surface area contributed by atoms with Crippen LogP contribution in [0.4, 0.5) is 0 Å². The molecule has 0 spiro atoms. The van der Waals surface area contributed by atoms with Gasteiger partial charge in [-0.25, -0.2) is 4.98 Å². The third-order valence-electron chi connectivity index (χ3n) is 4.06. The maximum atomic E-state index is 12.1. The van der Waals surface area contributed by atoms with Gasteiger partial charge in [-0.2, -0.15) is 4.98 Å². The third-order valence-corrected chi connectivity index (χ3v) is 4.83. The number of aryl methyl sites for hydroxylation is 2. The van der Waals surface area contributed by atoms with Crippen LogP contribution in [0.5, 0.6) is 0 Å². The molecule has 0 radical (unpaired) electrons. The summed E-state index contributed by atoms with van der Waals surface area (Å²) >= 11 is 1.57. The van der Waals surface area contributed by atoms with Crippen LogP contribution < -0.4 is 5.32 Å². The van der Waals surface area contributed by atoms with Crippen LogP contribution in [0.3, 0.4) is 0 Å². The molecular formula is C20H18N4O3S. The van der Waals surface area contributed by atoms with Crippen molar-refractivity contribution in [2.45, 2.75) is 26.3 Å². The largest absolute Gasteiger partial charge is 0.458 e. The Morgan fingerprint density at radius 3 is 2.79 bits per heavy atom. The summed E-state index contributed by atoms with van der Waals surface area (Å²) in [6.45, 7) is 2.27. The van der Waals surface area contributed by atoms with Crippen LogP contribution in [0, 0.1) is 6.92 Å². The predicted molar refractivity (Wildman–Crippen MR) is 104 cm³/mol. The molecule has 0 atom stereocenters. The first kappa shape index (κ1) is 18.1. The summed E-state index contributed by atoms with van der Waals surface area (Å²) in [4.78, 5) is 20.8. The highest BCUT2D eigenvalue weighted by molar-refractivity contribution is 7.09. The normalized spacial score (nSPS) is 10.9. The van der Waals surface area contributed by atoms with E-state index in [2.05, 4.69) is 20.4 Å². The molecule has 0 fully saturated rings. The maximum absolute atomic E-state index is 12.1. The molecule has 1 amide bonds. The molecule has 0 saturated heterocycles. The second kappa shape index (κ2) is 8.18. The van der Waals surface area contributed by atoms with Crippen molar-refractivity contribution in [3.05, 3.63) is 64.5 Å². The van der Waals surface area contributed by atoms with E-state index in [0.29, 0.717) is 36.2 Å². The Balaban J connectivity index is 1.26. The zero-order valence-corrected chi connectivity index (χ0v) is 16.0. The molecule has 0 aliphatic heterocycles. The molecule has 1 N–H and O–H groups in total. The molecule has 4 aromatic rings. The average molecular weight is 394 g/mol. The summed E-state index contributed by atoms with van der Waals surface area (Å²) in [6.07, 6.45) is 0.641. The van der Waals surface area contributed by atoms with Crippen molar-refractivity contribution in [2.75, 3.05) is 0 Å². The first-order valence-electron chi connectivity index (χ1n) is 8.83. The Hall–Kier alpha value is -3.26. The number of nitrogens with one attached hydrogen (secondary N) is 1. The number of carbonyl (C=O) groups excluding carboxylic acids is 1. The number of nitrogens with zero attached hydrogens (tertiary/aromatic N) is 3. The molecule has 1 aromatic carbocycles. The lowest BCUT2D eigenvalue weighted by Gasteiger charge is -2.01. The fourth-order valence-corrected chi connectivity index (χ4v) is 3.24. The van der Waals surface area contributed by atoms with E-state index < -0.39 is 0 Å². The molecule has 7 nitrogen and oxygen atoms in total. The van der Waals surface area contributed by atoms with Gasteiger partial charge in [0.25, 0.3) is 0 Å². The lowest BCUT2D eigenvalue weighted by atomic mass is 10.2. The van der Waals surface area contributed by atoms with Gasteiger partial charge in [0, 0.05) is 23.8 Å². The van der Waals surface area contributed by atoms with Crippen molar-refractivity contribution in [3.63, 3.8) is 0 Å². The Labute approximate surface area is 165 Å².